The lowest BCUT2D eigenvalue weighted by atomic mass is 10.1. The lowest BCUT2D eigenvalue weighted by molar-refractivity contribution is 0.102. The summed E-state index contributed by atoms with van der Waals surface area (Å²) in [5.41, 5.74) is 4.55. The molecule has 0 unspecified atom stereocenters. The first-order valence-corrected chi connectivity index (χ1v) is 7.94. The van der Waals surface area contributed by atoms with Crippen LogP contribution in [0.3, 0.4) is 0 Å². The highest BCUT2D eigenvalue weighted by Crippen LogP contribution is 2.22. The molecule has 0 saturated carbocycles. The standard InChI is InChI=1S/C19H19FN4O/c1-11-9-12(2)22-13(3)18(11)23-19(25)15-10-21-24(14(15)4)17-8-6-5-7-16(17)20/h5-10H,1-4H3,(H,23,25). The fraction of sp³-hybridized carbons (Fsp3) is 0.211. The van der Waals surface area contributed by atoms with Crippen molar-refractivity contribution in [3.8, 4) is 5.69 Å². The summed E-state index contributed by atoms with van der Waals surface area (Å²) in [6.45, 7) is 7.42. The van der Waals surface area contributed by atoms with Crippen LogP contribution in [0.1, 0.15) is 33.0 Å². The molecule has 0 aliphatic heterocycles. The van der Waals surface area contributed by atoms with Crippen LogP contribution >= 0.6 is 0 Å². The Balaban J connectivity index is 1.94. The van der Waals surface area contributed by atoms with Gasteiger partial charge in [-0.05, 0) is 51.5 Å². The Morgan fingerprint density at radius 2 is 1.88 bits per heavy atom. The predicted octanol–water partition coefficient (Wildman–Crippen LogP) is 3.89. The average Bonchev–Trinajstić information content (AvgIpc) is 2.93. The number of amides is 1. The van der Waals surface area contributed by atoms with Crippen LogP contribution in [0.25, 0.3) is 5.69 Å². The smallest absolute Gasteiger partial charge is 0.259 e. The molecule has 6 heteroatoms. The van der Waals surface area contributed by atoms with Gasteiger partial charge < -0.3 is 5.32 Å². The van der Waals surface area contributed by atoms with E-state index in [2.05, 4.69) is 15.4 Å². The van der Waals surface area contributed by atoms with E-state index in [1.165, 1.54) is 16.9 Å². The summed E-state index contributed by atoms with van der Waals surface area (Å²) in [6.07, 6.45) is 1.45. The van der Waals surface area contributed by atoms with Gasteiger partial charge in [0.05, 0.1) is 28.8 Å². The van der Waals surface area contributed by atoms with Crippen LogP contribution in [0.15, 0.2) is 36.5 Å². The zero-order chi connectivity index (χ0) is 18.1. The van der Waals surface area contributed by atoms with E-state index in [0.29, 0.717) is 22.6 Å². The highest BCUT2D eigenvalue weighted by Gasteiger charge is 2.18. The van der Waals surface area contributed by atoms with Crippen molar-refractivity contribution in [1.82, 2.24) is 14.8 Å². The number of hydrogen-bond donors (Lipinski definition) is 1. The predicted molar refractivity (Wildman–Crippen MR) is 94.7 cm³/mol. The molecule has 2 aromatic heterocycles. The van der Waals surface area contributed by atoms with Crippen molar-refractivity contribution in [1.29, 1.82) is 0 Å². The number of hydrogen-bond acceptors (Lipinski definition) is 3. The van der Waals surface area contributed by atoms with Gasteiger partial charge in [0, 0.05) is 5.69 Å². The number of aromatic nitrogens is 3. The van der Waals surface area contributed by atoms with Crippen LogP contribution in [-0.2, 0) is 0 Å². The molecular formula is C19H19FN4O. The van der Waals surface area contributed by atoms with Crippen molar-refractivity contribution >= 4 is 11.6 Å². The summed E-state index contributed by atoms with van der Waals surface area (Å²) in [7, 11) is 0. The normalized spacial score (nSPS) is 10.8. The second-order valence-electron chi connectivity index (χ2n) is 6.00. The molecule has 0 saturated heterocycles. The Labute approximate surface area is 145 Å². The highest BCUT2D eigenvalue weighted by molar-refractivity contribution is 6.05. The van der Waals surface area contributed by atoms with E-state index in [-0.39, 0.29) is 5.91 Å². The molecule has 3 aromatic rings. The number of rotatable bonds is 3. The first kappa shape index (κ1) is 16.8. The number of aryl methyl sites for hydroxylation is 3. The van der Waals surface area contributed by atoms with Crippen molar-refractivity contribution in [3.05, 3.63) is 70.6 Å². The van der Waals surface area contributed by atoms with Crippen LogP contribution in [0, 0.1) is 33.5 Å². The third kappa shape index (κ3) is 3.15. The number of halogens is 1. The molecule has 1 aromatic carbocycles. The molecule has 0 aliphatic rings. The van der Waals surface area contributed by atoms with Crippen LogP contribution < -0.4 is 5.32 Å². The number of para-hydroxylation sites is 1. The second kappa shape index (κ2) is 6.47. The minimum Gasteiger partial charge on any atom is -0.320 e. The SMILES string of the molecule is Cc1cc(C)c(NC(=O)c2cnn(-c3ccccc3F)c2C)c(C)n1. The van der Waals surface area contributed by atoms with Gasteiger partial charge >= 0.3 is 0 Å². The average molecular weight is 338 g/mol. The van der Waals surface area contributed by atoms with Gasteiger partial charge in [-0.2, -0.15) is 5.10 Å². The van der Waals surface area contributed by atoms with Crippen molar-refractivity contribution in [3.63, 3.8) is 0 Å². The molecule has 2 heterocycles. The number of nitrogens with one attached hydrogen (secondary N) is 1. The third-order valence-corrected chi connectivity index (χ3v) is 4.10. The summed E-state index contributed by atoms with van der Waals surface area (Å²) in [5, 5.41) is 7.06. The van der Waals surface area contributed by atoms with Gasteiger partial charge in [0.2, 0.25) is 0 Å². The van der Waals surface area contributed by atoms with Gasteiger partial charge in [0.15, 0.2) is 0 Å². The van der Waals surface area contributed by atoms with Crippen LogP contribution in [0.2, 0.25) is 0 Å². The van der Waals surface area contributed by atoms with E-state index in [9.17, 15) is 9.18 Å². The fourth-order valence-corrected chi connectivity index (χ4v) is 2.89. The Morgan fingerprint density at radius 3 is 2.56 bits per heavy atom. The van der Waals surface area contributed by atoms with Crippen molar-refractivity contribution in [2.24, 2.45) is 0 Å². The Hall–Kier alpha value is -3.02. The molecule has 0 fully saturated rings. The van der Waals surface area contributed by atoms with E-state index >= 15 is 0 Å². The molecule has 1 N–H and O–H groups in total. The summed E-state index contributed by atoms with van der Waals surface area (Å²) in [4.78, 5) is 17.1. The van der Waals surface area contributed by atoms with E-state index in [1.807, 2.05) is 26.8 Å². The molecule has 3 rings (SSSR count). The van der Waals surface area contributed by atoms with Gasteiger partial charge in [-0.1, -0.05) is 12.1 Å². The molecule has 25 heavy (non-hydrogen) atoms. The lowest BCUT2D eigenvalue weighted by Crippen LogP contribution is -2.15. The molecule has 1 amide bonds. The maximum absolute atomic E-state index is 14.0. The Morgan fingerprint density at radius 1 is 1.16 bits per heavy atom. The number of anilines is 1. The summed E-state index contributed by atoms with van der Waals surface area (Å²) >= 11 is 0. The topological polar surface area (TPSA) is 59.8 Å². The van der Waals surface area contributed by atoms with Crippen LogP contribution in [0.5, 0.6) is 0 Å². The van der Waals surface area contributed by atoms with Crippen molar-refractivity contribution < 1.29 is 9.18 Å². The zero-order valence-corrected chi connectivity index (χ0v) is 14.6. The maximum atomic E-state index is 14.0. The van der Waals surface area contributed by atoms with Crippen molar-refractivity contribution in [2.45, 2.75) is 27.7 Å². The quantitative estimate of drug-likeness (QED) is 0.788. The summed E-state index contributed by atoms with van der Waals surface area (Å²) in [6, 6.07) is 8.24. The molecule has 0 aliphatic carbocycles. The van der Waals surface area contributed by atoms with Crippen LogP contribution in [0.4, 0.5) is 10.1 Å². The van der Waals surface area contributed by atoms with E-state index in [1.54, 1.807) is 25.1 Å². The first-order chi connectivity index (χ1) is 11.9. The number of carbonyl (C=O) groups excluding carboxylic acids is 1. The highest BCUT2D eigenvalue weighted by atomic mass is 19.1. The molecule has 0 radical (unpaired) electrons. The third-order valence-electron chi connectivity index (χ3n) is 4.10. The lowest BCUT2D eigenvalue weighted by Gasteiger charge is -2.12. The van der Waals surface area contributed by atoms with Gasteiger partial charge in [-0.25, -0.2) is 9.07 Å². The monoisotopic (exact) mass is 338 g/mol. The summed E-state index contributed by atoms with van der Waals surface area (Å²) in [5.74, 6) is -0.688. The van der Waals surface area contributed by atoms with Crippen molar-refractivity contribution in [2.75, 3.05) is 5.32 Å². The number of pyridine rings is 1. The molecule has 5 nitrogen and oxygen atoms in total. The molecule has 0 spiro atoms. The minimum absolute atomic E-state index is 0.294. The largest absolute Gasteiger partial charge is 0.320 e. The first-order valence-electron chi connectivity index (χ1n) is 7.94. The Bertz CT molecular complexity index is 939. The number of carbonyl (C=O) groups is 1. The van der Waals surface area contributed by atoms with E-state index in [0.717, 1.165) is 17.0 Å². The fourth-order valence-electron chi connectivity index (χ4n) is 2.89. The van der Waals surface area contributed by atoms with Crippen LogP contribution in [-0.4, -0.2) is 20.7 Å². The van der Waals surface area contributed by atoms with Gasteiger partial charge in [-0.15, -0.1) is 0 Å². The Kier molecular flexibility index (Phi) is 4.35. The van der Waals surface area contributed by atoms with Gasteiger partial charge in [0.25, 0.3) is 5.91 Å². The molecule has 0 atom stereocenters. The minimum atomic E-state index is -0.393. The summed E-state index contributed by atoms with van der Waals surface area (Å²) < 4.78 is 15.4. The molecule has 128 valence electrons. The van der Waals surface area contributed by atoms with E-state index < -0.39 is 5.82 Å². The number of benzene rings is 1. The molecular weight excluding hydrogens is 319 g/mol. The van der Waals surface area contributed by atoms with E-state index in [4.69, 9.17) is 0 Å². The molecule has 0 bridgehead atoms. The zero-order valence-electron chi connectivity index (χ0n) is 14.6. The second-order valence-corrected chi connectivity index (χ2v) is 6.00. The number of nitrogens with zero attached hydrogens (tertiary/aromatic N) is 3. The maximum Gasteiger partial charge on any atom is 0.259 e. The van der Waals surface area contributed by atoms with Gasteiger partial charge in [-0.3, -0.25) is 9.78 Å². The van der Waals surface area contributed by atoms with Gasteiger partial charge in [0.1, 0.15) is 11.5 Å².